The lowest BCUT2D eigenvalue weighted by Gasteiger charge is -2.15. The molecule has 31 heavy (non-hydrogen) atoms. The van der Waals surface area contributed by atoms with Gasteiger partial charge < -0.3 is 4.74 Å². The number of benzene rings is 2. The molecule has 1 heterocycles. The van der Waals surface area contributed by atoms with Crippen LogP contribution < -0.4 is 9.46 Å². The van der Waals surface area contributed by atoms with Crippen molar-refractivity contribution in [2.75, 3.05) is 4.72 Å². The number of sulfonamides is 1. The van der Waals surface area contributed by atoms with Gasteiger partial charge in [0.15, 0.2) is 11.4 Å². The lowest BCUT2D eigenvalue weighted by Crippen LogP contribution is -2.21. The Morgan fingerprint density at radius 1 is 0.968 bits per heavy atom. The summed E-state index contributed by atoms with van der Waals surface area (Å²) in [6.07, 6.45) is -8.67. The Morgan fingerprint density at radius 3 is 2.16 bits per heavy atom. The molecule has 0 spiro atoms. The average Bonchev–Trinajstić information content (AvgIpc) is 3.11. The van der Waals surface area contributed by atoms with E-state index in [4.69, 9.17) is 0 Å². The third-order valence-corrected chi connectivity index (χ3v) is 5.60. The summed E-state index contributed by atoms with van der Waals surface area (Å²) in [5.74, 6) is -0.942. The summed E-state index contributed by atoms with van der Waals surface area (Å²) in [7, 11) is -4.49. The van der Waals surface area contributed by atoms with Gasteiger partial charge in [0.05, 0.1) is 5.69 Å². The standard InChI is InChI=1S/C17H10BrF6N3O3S/c18-10-1-6-14(13(9-10)30-17(22,23)24)31(28,29)26-11-2-4-12(5-3-11)27-8-7-15(25-27)16(19,20)21/h1-9,26H. The van der Waals surface area contributed by atoms with Gasteiger partial charge in [-0.05, 0) is 48.5 Å². The first-order chi connectivity index (χ1) is 14.2. The molecule has 3 rings (SSSR count). The lowest BCUT2D eigenvalue weighted by atomic mass is 10.3. The molecule has 0 aliphatic rings. The van der Waals surface area contributed by atoms with Crippen LogP contribution in [0.5, 0.6) is 5.75 Å². The van der Waals surface area contributed by atoms with Gasteiger partial charge in [0.1, 0.15) is 4.90 Å². The molecule has 0 aliphatic heterocycles. The molecular weight excluding hydrogens is 520 g/mol. The molecule has 0 atom stereocenters. The number of halogens is 7. The summed E-state index contributed by atoms with van der Waals surface area (Å²) >= 11 is 2.94. The van der Waals surface area contributed by atoms with Gasteiger partial charge in [-0.3, -0.25) is 4.72 Å². The zero-order chi connectivity index (χ0) is 23.0. The first-order valence-electron chi connectivity index (χ1n) is 8.06. The summed E-state index contributed by atoms with van der Waals surface area (Å²) in [5.41, 5.74) is -0.958. The van der Waals surface area contributed by atoms with Crippen molar-refractivity contribution >= 4 is 31.6 Å². The van der Waals surface area contributed by atoms with Crippen molar-refractivity contribution in [1.82, 2.24) is 9.78 Å². The highest BCUT2D eigenvalue weighted by molar-refractivity contribution is 9.10. The molecule has 1 aromatic heterocycles. The van der Waals surface area contributed by atoms with Crippen molar-refractivity contribution < 1.29 is 39.5 Å². The van der Waals surface area contributed by atoms with Gasteiger partial charge in [0.2, 0.25) is 0 Å². The summed E-state index contributed by atoms with van der Waals surface area (Å²) < 4.78 is 108. The number of nitrogens with one attached hydrogen (secondary N) is 1. The van der Waals surface area contributed by atoms with Crippen molar-refractivity contribution in [3.05, 3.63) is 64.9 Å². The molecule has 1 N–H and O–H groups in total. The van der Waals surface area contributed by atoms with Crippen LogP contribution in [0.25, 0.3) is 5.69 Å². The summed E-state index contributed by atoms with van der Waals surface area (Å²) in [4.78, 5) is -0.765. The third-order valence-electron chi connectivity index (χ3n) is 3.68. The second kappa shape index (κ2) is 8.07. The Kier molecular flexibility index (Phi) is 5.97. The molecule has 0 fully saturated rings. The molecule has 0 saturated heterocycles. The van der Waals surface area contributed by atoms with E-state index in [1.807, 2.05) is 0 Å². The molecule has 0 amide bonds. The highest BCUT2D eigenvalue weighted by Gasteiger charge is 2.35. The summed E-state index contributed by atoms with van der Waals surface area (Å²) in [6, 6.07) is 8.74. The van der Waals surface area contributed by atoms with Gasteiger partial charge in [0, 0.05) is 16.4 Å². The molecule has 6 nitrogen and oxygen atoms in total. The number of nitrogens with zero attached hydrogens (tertiary/aromatic N) is 2. The fourth-order valence-electron chi connectivity index (χ4n) is 2.42. The maximum Gasteiger partial charge on any atom is 0.573 e. The van der Waals surface area contributed by atoms with E-state index >= 15 is 0 Å². The molecule has 14 heteroatoms. The minimum Gasteiger partial charge on any atom is -0.404 e. The van der Waals surface area contributed by atoms with Crippen molar-refractivity contribution in [3.8, 4) is 11.4 Å². The van der Waals surface area contributed by atoms with Crippen molar-refractivity contribution in [3.63, 3.8) is 0 Å². The minimum atomic E-state index is -5.12. The largest absolute Gasteiger partial charge is 0.573 e. The van der Waals surface area contributed by atoms with Gasteiger partial charge in [0.25, 0.3) is 10.0 Å². The van der Waals surface area contributed by atoms with Crippen LogP contribution in [0, 0.1) is 0 Å². The molecule has 166 valence electrons. The SMILES string of the molecule is O=S(=O)(Nc1ccc(-n2ccc(C(F)(F)F)n2)cc1)c1ccc(Br)cc1OC(F)(F)F. The van der Waals surface area contributed by atoms with E-state index < -0.39 is 38.9 Å². The van der Waals surface area contributed by atoms with Gasteiger partial charge in [-0.2, -0.15) is 18.3 Å². The molecule has 0 aliphatic carbocycles. The van der Waals surface area contributed by atoms with Crippen molar-refractivity contribution in [2.24, 2.45) is 0 Å². The van der Waals surface area contributed by atoms with Gasteiger partial charge in [-0.1, -0.05) is 15.9 Å². The summed E-state index contributed by atoms with van der Waals surface area (Å²) in [5, 5.41) is 3.38. The topological polar surface area (TPSA) is 73.2 Å². The van der Waals surface area contributed by atoms with Crippen molar-refractivity contribution in [2.45, 2.75) is 17.4 Å². The van der Waals surface area contributed by atoms with E-state index in [-0.39, 0.29) is 15.8 Å². The molecular formula is C17H10BrF6N3O3S. The van der Waals surface area contributed by atoms with Crippen LogP contribution >= 0.6 is 15.9 Å². The van der Waals surface area contributed by atoms with Crippen LogP contribution in [0.1, 0.15) is 5.69 Å². The predicted octanol–water partition coefficient (Wildman–Crippen LogP) is 5.35. The zero-order valence-corrected chi connectivity index (χ0v) is 17.3. The smallest absolute Gasteiger partial charge is 0.404 e. The van der Waals surface area contributed by atoms with Gasteiger partial charge >= 0.3 is 12.5 Å². The number of aromatic nitrogens is 2. The first kappa shape index (κ1) is 22.9. The fraction of sp³-hybridized carbons (Fsp3) is 0.118. The molecule has 3 aromatic rings. The van der Waals surface area contributed by atoms with E-state index in [2.05, 4.69) is 30.5 Å². The van der Waals surface area contributed by atoms with E-state index in [1.165, 1.54) is 30.3 Å². The second-order valence-electron chi connectivity index (χ2n) is 5.93. The van der Waals surface area contributed by atoms with Crippen molar-refractivity contribution in [1.29, 1.82) is 0 Å². The first-order valence-corrected chi connectivity index (χ1v) is 10.3. The van der Waals surface area contributed by atoms with Crippen LogP contribution in [-0.4, -0.2) is 24.6 Å². The zero-order valence-electron chi connectivity index (χ0n) is 14.9. The van der Waals surface area contributed by atoms with Crippen LogP contribution in [0.2, 0.25) is 0 Å². The molecule has 0 saturated carbocycles. The van der Waals surface area contributed by atoms with E-state index in [1.54, 1.807) is 0 Å². The third kappa shape index (κ3) is 5.70. The highest BCUT2D eigenvalue weighted by atomic mass is 79.9. The van der Waals surface area contributed by atoms with Crippen LogP contribution in [0.4, 0.5) is 32.0 Å². The lowest BCUT2D eigenvalue weighted by molar-refractivity contribution is -0.275. The van der Waals surface area contributed by atoms with Gasteiger partial charge in [-0.15, -0.1) is 13.2 Å². The molecule has 0 unspecified atom stereocenters. The average molecular weight is 530 g/mol. The fourth-order valence-corrected chi connectivity index (χ4v) is 3.93. The van der Waals surface area contributed by atoms with Crippen LogP contribution in [0.3, 0.4) is 0 Å². The maximum atomic E-state index is 12.7. The Morgan fingerprint density at radius 2 is 1.61 bits per heavy atom. The Hall–Kier alpha value is -2.74. The normalized spacial score (nSPS) is 12.6. The number of alkyl halides is 6. The number of hydrogen-bond acceptors (Lipinski definition) is 4. The van der Waals surface area contributed by atoms with E-state index in [0.717, 1.165) is 29.1 Å². The Balaban J connectivity index is 1.85. The number of anilines is 1. The molecule has 0 radical (unpaired) electrons. The predicted molar refractivity (Wildman–Crippen MR) is 100 cm³/mol. The van der Waals surface area contributed by atoms with E-state index in [9.17, 15) is 34.8 Å². The maximum absolute atomic E-state index is 12.7. The number of ether oxygens (including phenoxy) is 1. The summed E-state index contributed by atoms with van der Waals surface area (Å²) in [6.45, 7) is 0. The quantitative estimate of drug-likeness (QED) is 0.452. The Labute approximate surface area is 179 Å². The number of rotatable bonds is 5. The molecule has 2 aromatic carbocycles. The van der Waals surface area contributed by atoms with Crippen LogP contribution in [-0.2, 0) is 16.2 Å². The monoisotopic (exact) mass is 529 g/mol. The second-order valence-corrected chi connectivity index (χ2v) is 8.50. The van der Waals surface area contributed by atoms with E-state index in [0.29, 0.717) is 0 Å². The Bertz CT molecular complexity index is 1190. The molecule has 0 bridgehead atoms. The van der Waals surface area contributed by atoms with Crippen LogP contribution in [0.15, 0.2) is 64.1 Å². The minimum absolute atomic E-state index is 0.0483. The number of hydrogen-bond donors (Lipinski definition) is 1. The van der Waals surface area contributed by atoms with Gasteiger partial charge in [-0.25, -0.2) is 13.1 Å². The highest BCUT2D eigenvalue weighted by Crippen LogP contribution is 2.33.